The van der Waals surface area contributed by atoms with Crippen molar-refractivity contribution in [3.63, 3.8) is 0 Å². The average molecular weight is 420 g/mol. The minimum absolute atomic E-state index is 0.225. The van der Waals surface area contributed by atoms with E-state index in [9.17, 15) is 10.1 Å². The fourth-order valence-electron chi connectivity index (χ4n) is 3.21. The summed E-state index contributed by atoms with van der Waals surface area (Å²) >= 11 is 5.96. The Morgan fingerprint density at radius 1 is 1.23 bits per heavy atom. The van der Waals surface area contributed by atoms with E-state index in [0.717, 1.165) is 11.1 Å². The van der Waals surface area contributed by atoms with Crippen LogP contribution in [0.1, 0.15) is 28.2 Å². The maximum Gasteiger partial charge on any atom is 0.287 e. The lowest BCUT2D eigenvalue weighted by molar-refractivity contribution is 0.0927. The number of aromatic nitrogens is 2. The summed E-state index contributed by atoms with van der Waals surface area (Å²) in [6.07, 6.45) is 1.10. The summed E-state index contributed by atoms with van der Waals surface area (Å²) < 4.78 is 7.12. The number of hydrogen-bond acceptors (Lipinski definition) is 5. The molecule has 4 aromatic rings. The molecule has 0 spiro atoms. The first-order chi connectivity index (χ1) is 14.6. The van der Waals surface area contributed by atoms with Crippen LogP contribution in [0.15, 0.2) is 59.0 Å². The highest BCUT2D eigenvalue weighted by Crippen LogP contribution is 2.23. The summed E-state index contributed by atoms with van der Waals surface area (Å²) in [5, 5.41) is 18.1. The third-order valence-corrected chi connectivity index (χ3v) is 4.92. The molecule has 0 radical (unpaired) electrons. The van der Waals surface area contributed by atoms with Crippen molar-refractivity contribution in [2.45, 2.75) is 12.8 Å². The molecule has 0 aliphatic carbocycles. The first-order valence-corrected chi connectivity index (χ1v) is 9.75. The Labute approximate surface area is 177 Å². The van der Waals surface area contributed by atoms with Crippen LogP contribution in [-0.4, -0.2) is 22.2 Å². The van der Waals surface area contributed by atoms with E-state index in [1.54, 1.807) is 28.9 Å². The summed E-state index contributed by atoms with van der Waals surface area (Å²) in [4.78, 5) is 12.3. The Morgan fingerprint density at radius 3 is 2.80 bits per heavy atom. The van der Waals surface area contributed by atoms with E-state index in [2.05, 4.69) is 16.5 Å². The van der Waals surface area contributed by atoms with Gasteiger partial charge in [0, 0.05) is 17.0 Å². The summed E-state index contributed by atoms with van der Waals surface area (Å²) in [5.41, 5.74) is 8.46. The number of aryl methyl sites for hydroxylation is 1. The molecule has 0 fully saturated rings. The monoisotopic (exact) mass is 419 g/mol. The molecule has 0 atom stereocenters. The van der Waals surface area contributed by atoms with E-state index >= 15 is 0 Å². The van der Waals surface area contributed by atoms with Gasteiger partial charge in [0.05, 0.1) is 11.4 Å². The largest absolute Gasteiger partial charge is 0.451 e. The van der Waals surface area contributed by atoms with Crippen molar-refractivity contribution in [1.82, 2.24) is 15.1 Å². The zero-order valence-corrected chi connectivity index (χ0v) is 16.7. The number of hydrogen-bond donors (Lipinski definition) is 2. The first kappa shape index (κ1) is 19.6. The molecule has 3 N–H and O–H groups in total. The number of halogens is 1. The number of nitrogens with zero attached hydrogens (tertiary/aromatic N) is 3. The summed E-state index contributed by atoms with van der Waals surface area (Å²) in [6, 6.07) is 18.4. The van der Waals surface area contributed by atoms with E-state index in [-0.39, 0.29) is 11.7 Å². The van der Waals surface area contributed by atoms with Crippen LogP contribution in [0.5, 0.6) is 0 Å². The molecular formula is C22H18ClN5O2. The van der Waals surface area contributed by atoms with Gasteiger partial charge in [0.1, 0.15) is 23.0 Å². The van der Waals surface area contributed by atoms with Crippen molar-refractivity contribution in [2.75, 3.05) is 12.3 Å². The number of nitrogen functional groups attached to an aromatic ring is 1. The predicted octanol–water partition coefficient (Wildman–Crippen LogP) is 4.09. The van der Waals surface area contributed by atoms with Crippen LogP contribution in [0.3, 0.4) is 0 Å². The van der Waals surface area contributed by atoms with Gasteiger partial charge in [-0.05, 0) is 49.2 Å². The summed E-state index contributed by atoms with van der Waals surface area (Å²) in [6.45, 7) is 0.402. The highest BCUT2D eigenvalue weighted by atomic mass is 35.5. The molecule has 0 unspecified atom stereocenters. The Bertz CT molecular complexity index is 1250. The molecular weight excluding hydrogens is 402 g/mol. The molecule has 7 nitrogen and oxygen atoms in total. The molecule has 4 rings (SSSR count). The van der Waals surface area contributed by atoms with Crippen molar-refractivity contribution in [3.05, 3.63) is 76.6 Å². The number of para-hydroxylation sites is 1. The lowest BCUT2D eigenvalue weighted by Crippen LogP contribution is -2.24. The number of nitrogens with one attached hydrogen (secondary N) is 1. The van der Waals surface area contributed by atoms with Crippen molar-refractivity contribution in [3.8, 4) is 11.8 Å². The number of carbonyl (C=O) groups is 1. The molecule has 0 aliphatic heterocycles. The summed E-state index contributed by atoms with van der Waals surface area (Å²) in [7, 11) is 0. The zero-order valence-electron chi connectivity index (χ0n) is 15.9. The number of amides is 1. The van der Waals surface area contributed by atoms with Gasteiger partial charge in [-0.1, -0.05) is 29.8 Å². The fourth-order valence-corrected chi connectivity index (χ4v) is 3.39. The molecule has 0 saturated heterocycles. The number of benzene rings is 2. The first-order valence-electron chi connectivity index (χ1n) is 9.37. The van der Waals surface area contributed by atoms with Crippen LogP contribution in [0.4, 0.5) is 5.82 Å². The van der Waals surface area contributed by atoms with Crippen molar-refractivity contribution < 1.29 is 9.21 Å². The number of furan rings is 1. The smallest absolute Gasteiger partial charge is 0.287 e. The topological polar surface area (TPSA) is 110 Å². The van der Waals surface area contributed by atoms with E-state index in [0.29, 0.717) is 47.1 Å². The fraction of sp³-hybridized carbons (Fsp3) is 0.136. The maximum absolute atomic E-state index is 12.3. The second-order valence-electron chi connectivity index (χ2n) is 6.72. The number of rotatable bonds is 6. The van der Waals surface area contributed by atoms with E-state index in [1.165, 1.54) is 0 Å². The summed E-state index contributed by atoms with van der Waals surface area (Å²) in [5.74, 6) is 0.225. The highest BCUT2D eigenvalue weighted by molar-refractivity contribution is 6.31. The Balaban J connectivity index is 1.39. The van der Waals surface area contributed by atoms with Crippen LogP contribution in [-0.2, 0) is 6.42 Å². The minimum Gasteiger partial charge on any atom is -0.451 e. The van der Waals surface area contributed by atoms with Gasteiger partial charge < -0.3 is 15.5 Å². The van der Waals surface area contributed by atoms with Crippen molar-refractivity contribution in [1.29, 1.82) is 5.26 Å². The number of carbonyl (C=O) groups excluding carboxylic acids is 1. The molecule has 150 valence electrons. The molecule has 1 amide bonds. The van der Waals surface area contributed by atoms with Crippen molar-refractivity contribution >= 4 is 34.3 Å². The van der Waals surface area contributed by atoms with E-state index in [1.807, 2.05) is 30.3 Å². The molecule has 0 saturated carbocycles. The van der Waals surface area contributed by atoms with Gasteiger partial charge in [0.15, 0.2) is 5.76 Å². The van der Waals surface area contributed by atoms with E-state index < -0.39 is 0 Å². The molecule has 2 aromatic carbocycles. The van der Waals surface area contributed by atoms with Gasteiger partial charge in [-0.3, -0.25) is 4.79 Å². The number of nitriles is 1. The maximum atomic E-state index is 12.3. The molecule has 0 bridgehead atoms. The molecule has 2 heterocycles. The van der Waals surface area contributed by atoms with Crippen LogP contribution in [0, 0.1) is 11.3 Å². The van der Waals surface area contributed by atoms with E-state index in [4.69, 9.17) is 21.8 Å². The molecule has 30 heavy (non-hydrogen) atoms. The van der Waals surface area contributed by atoms with Gasteiger partial charge >= 0.3 is 0 Å². The normalized spacial score (nSPS) is 10.8. The SMILES string of the molecule is N#Cc1c(CCCNC(=O)c2cc3cc(Cl)ccc3o2)nn(-c2ccccc2)c1N. The predicted molar refractivity (Wildman–Crippen MR) is 115 cm³/mol. The quantitative estimate of drug-likeness (QED) is 0.457. The minimum atomic E-state index is -0.308. The molecule has 8 heteroatoms. The molecule has 2 aromatic heterocycles. The third-order valence-electron chi connectivity index (χ3n) is 4.68. The average Bonchev–Trinajstić information content (AvgIpc) is 3.32. The van der Waals surface area contributed by atoms with Crippen LogP contribution in [0.2, 0.25) is 5.02 Å². The van der Waals surface area contributed by atoms with Crippen LogP contribution >= 0.6 is 11.6 Å². The second kappa shape index (κ2) is 8.31. The van der Waals surface area contributed by atoms with Gasteiger partial charge in [-0.15, -0.1) is 0 Å². The second-order valence-corrected chi connectivity index (χ2v) is 7.15. The zero-order chi connectivity index (χ0) is 21.1. The number of nitrogens with two attached hydrogens (primary N) is 1. The lowest BCUT2D eigenvalue weighted by atomic mass is 10.1. The van der Waals surface area contributed by atoms with Gasteiger partial charge in [0.2, 0.25) is 0 Å². The van der Waals surface area contributed by atoms with Gasteiger partial charge in [-0.2, -0.15) is 10.4 Å². The Kier molecular flexibility index (Phi) is 5.42. The number of anilines is 1. The van der Waals surface area contributed by atoms with Crippen LogP contribution < -0.4 is 11.1 Å². The third kappa shape index (κ3) is 3.86. The Morgan fingerprint density at radius 2 is 2.03 bits per heavy atom. The van der Waals surface area contributed by atoms with Crippen LogP contribution in [0.25, 0.3) is 16.7 Å². The Hall–Kier alpha value is -3.76. The van der Waals surface area contributed by atoms with Gasteiger partial charge in [0.25, 0.3) is 5.91 Å². The highest BCUT2D eigenvalue weighted by Gasteiger charge is 2.17. The van der Waals surface area contributed by atoms with Crippen molar-refractivity contribution in [2.24, 2.45) is 0 Å². The molecule has 0 aliphatic rings. The number of fused-ring (bicyclic) bond motifs is 1. The lowest BCUT2D eigenvalue weighted by Gasteiger charge is -2.03. The standard InChI is InChI=1S/C22H18ClN5O2/c23-15-8-9-19-14(11-15)12-20(30-19)22(29)26-10-4-7-18-17(13-24)21(25)28(27-18)16-5-2-1-3-6-16/h1-3,5-6,8-9,11-12H,4,7,10,25H2,(H,26,29). The van der Waals surface area contributed by atoms with Gasteiger partial charge in [-0.25, -0.2) is 4.68 Å².